The maximum absolute atomic E-state index is 12.2. The number of sulfonamides is 1. The number of piperidine rings is 1. The quantitative estimate of drug-likeness (QED) is 0.484. The van der Waals surface area contributed by atoms with Crippen molar-refractivity contribution in [2.24, 2.45) is 11.8 Å². The van der Waals surface area contributed by atoms with Crippen LogP contribution in [0.15, 0.2) is 46.9 Å². The van der Waals surface area contributed by atoms with Gasteiger partial charge in [-0.3, -0.25) is 4.31 Å². The number of nitrogens with zero attached hydrogens (tertiary/aromatic N) is 4. The third-order valence-corrected chi connectivity index (χ3v) is 8.28. The Hall–Kier alpha value is -2.98. The first-order valence-electron chi connectivity index (χ1n) is 12.1. The predicted octanol–water partition coefficient (Wildman–Crippen LogP) is 3.80. The van der Waals surface area contributed by atoms with E-state index in [2.05, 4.69) is 44.9 Å². The number of hydrogen-bond acceptors (Lipinski definition) is 8. The van der Waals surface area contributed by atoms with Crippen molar-refractivity contribution in [3.8, 4) is 11.5 Å². The Kier molecular flexibility index (Phi) is 6.50. The average molecular weight is 497 g/mol. The number of pyridine rings is 1. The van der Waals surface area contributed by atoms with Gasteiger partial charge < -0.3 is 15.1 Å². The summed E-state index contributed by atoms with van der Waals surface area (Å²) in [5.41, 5.74) is 1.87. The van der Waals surface area contributed by atoms with E-state index in [1.165, 1.54) is 19.0 Å². The van der Waals surface area contributed by atoms with Crippen LogP contribution in [0.4, 0.5) is 11.6 Å². The van der Waals surface area contributed by atoms with Crippen molar-refractivity contribution in [2.45, 2.75) is 38.1 Å². The summed E-state index contributed by atoms with van der Waals surface area (Å²) in [4.78, 5) is 4.53. The number of rotatable bonds is 8. The second-order valence-corrected chi connectivity index (χ2v) is 11.7. The van der Waals surface area contributed by atoms with E-state index >= 15 is 0 Å². The van der Waals surface area contributed by atoms with Gasteiger partial charge in [-0.05, 0) is 55.3 Å². The summed E-state index contributed by atoms with van der Waals surface area (Å²) in [6, 6.07) is 13.8. The monoisotopic (exact) mass is 496 g/mol. The van der Waals surface area contributed by atoms with Crippen LogP contribution >= 0.6 is 0 Å². The summed E-state index contributed by atoms with van der Waals surface area (Å²) in [5.74, 6) is 3.30. The first-order valence-corrected chi connectivity index (χ1v) is 14.0. The molecule has 3 heterocycles. The van der Waals surface area contributed by atoms with Crippen LogP contribution < -0.4 is 14.9 Å². The molecule has 1 saturated carbocycles. The molecule has 10 heteroatoms. The molecule has 2 fully saturated rings. The molecule has 2 aromatic heterocycles. The van der Waals surface area contributed by atoms with Crippen LogP contribution in [-0.2, 0) is 10.0 Å². The lowest BCUT2D eigenvalue weighted by Gasteiger charge is -2.30. The zero-order chi connectivity index (χ0) is 24.6. The van der Waals surface area contributed by atoms with Gasteiger partial charge in [0.1, 0.15) is 11.6 Å². The fourth-order valence-corrected chi connectivity index (χ4v) is 5.10. The molecule has 3 aromatic rings. The number of benzene rings is 1. The number of aromatic nitrogens is 3. The Labute approximate surface area is 206 Å². The molecule has 0 spiro atoms. The molecule has 0 bridgehead atoms. The van der Waals surface area contributed by atoms with Crippen molar-refractivity contribution >= 4 is 21.7 Å². The Morgan fingerprint density at radius 1 is 1.20 bits per heavy atom. The molecule has 0 unspecified atom stereocenters. The first kappa shape index (κ1) is 23.7. The van der Waals surface area contributed by atoms with Crippen molar-refractivity contribution in [2.75, 3.05) is 36.0 Å². The van der Waals surface area contributed by atoms with Crippen LogP contribution in [0.3, 0.4) is 0 Å². The molecular weight excluding hydrogens is 464 g/mol. The van der Waals surface area contributed by atoms with E-state index in [1.807, 2.05) is 24.3 Å². The van der Waals surface area contributed by atoms with E-state index in [9.17, 15) is 8.42 Å². The maximum Gasteiger partial charge on any atom is 0.248 e. The van der Waals surface area contributed by atoms with E-state index in [4.69, 9.17) is 4.42 Å². The molecule has 9 nitrogen and oxygen atoms in total. The molecule has 1 aromatic carbocycles. The van der Waals surface area contributed by atoms with Crippen LogP contribution in [0.1, 0.15) is 49.6 Å². The number of anilines is 2. The largest absolute Gasteiger partial charge is 0.419 e. The minimum Gasteiger partial charge on any atom is -0.419 e. The van der Waals surface area contributed by atoms with Gasteiger partial charge in [-0.15, -0.1) is 10.2 Å². The first-order chi connectivity index (χ1) is 16.8. The molecule has 1 aliphatic carbocycles. The van der Waals surface area contributed by atoms with Crippen molar-refractivity contribution < 1.29 is 12.8 Å². The average Bonchev–Trinajstić information content (AvgIpc) is 3.35. The van der Waals surface area contributed by atoms with Gasteiger partial charge in [0, 0.05) is 25.1 Å². The van der Waals surface area contributed by atoms with Crippen LogP contribution in [-0.4, -0.2) is 50.0 Å². The van der Waals surface area contributed by atoms with Crippen LogP contribution in [0.25, 0.3) is 11.5 Å². The highest BCUT2D eigenvalue weighted by atomic mass is 32.2. The summed E-state index contributed by atoms with van der Waals surface area (Å²) in [6.07, 6.45) is 4.46. The molecular formula is C25H32N6O3S. The second-order valence-electron chi connectivity index (χ2n) is 9.72. The fraction of sp³-hybridized carbons (Fsp3) is 0.480. The molecule has 2 aliphatic rings. The Bertz CT molecular complexity index is 1280. The number of hydrogen-bond donors (Lipinski definition) is 2. The highest BCUT2D eigenvalue weighted by molar-refractivity contribution is 7.92. The van der Waals surface area contributed by atoms with Crippen molar-refractivity contribution in [1.29, 1.82) is 0 Å². The Balaban J connectivity index is 1.45. The van der Waals surface area contributed by atoms with E-state index in [0.29, 0.717) is 40.8 Å². The summed E-state index contributed by atoms with van der Waals surface area (Å²) >= 11 is 0. The zero-order valence-electron chi connectivity index (χ0n) is 20.3. The lowest BCUT2D eigenvalue weighted by Crippen LogP contribution is -2.33. The molecule has 1 aliphatic heterocycles. The van der Waals surface area contributed by atoms with Gasteiger partial charge >= 0.3 is 0 Å². The highest BCUT2D eigenvalue weighted by Gasteiger charge is 2.33. The summed E-state index contributed by atoms with van der Waals surface area (Å²) in [6.45, 7) is 3.90. The van der Waals surface area contributed by atoms with Crippen LogP contribution in [0, 0.1) is 11.8 Å². The molecule has 1 saturated heterocycles. The van der Waals surface area contributed by atoms with Gasteiger partial charge in [0.05, 0.1) is 12.3 Å². The lowest BCUT2D eigenvalue weighted by molar-refractivity contribution is 0.303. The smallest absolute Gasteiger partial charge is 0.248 e. The molecule has 0 amide bonds. The van der Waals surface area contributed by atoms with Crippen LogP contribution in [0.2, 0.25) is 0 Å². The molecule has 4 atom stereocenters. The standard InChI is InChI=1S/C25H32N6O3S/c1-16-12-19(16)15-27-21-13-18(14-22(28-21)31(2)35(3,32)33)24-29-30-25(34-24)23-20(10-7-11-26-23)17-8-5-4-6-9-17/h4-6,8-9,13-14,16,19-20,23,26H,7,10-12,15H2,1-3H3,(H,27,28)/t16-,19+,20-,23-/m1/s1. The molecule has 5 rings (SSSR count). The topological polar surface area (TPSA) is 113 Å². The highest BCUT2D eigenvalue weighted by Crippen LogP contribution is 2.39. The van der Waals surface area contributed by atoms with E-state index in [1.54, 1.807) is 6.07 Å². The molecule has 186 valence electrons. The SMILES string of the molecule is C[C@@H]1C[C@H]1CNc1cc(-c2nnc([C@@H]3NCCC[C@@H]3c3ccccc3)o2)cc(N(C)S(C)(=O)=O)n1. The minimum absolute atomic E-state index is 0.0821. The van der Waals surface area contributed by atoms with Crippen LogP contribution in [0.5, 0.6) is 0 Å². The lowest BCUT2D eigenvalue weighted by atomic mass is 9.85. The van der Waals surface area contributed by atoms with Crippen molar-refractivity contribution in [1.82, 2.24) is 20.5 Å². The molecule has 35 heavy (non-hydrogen) atoms. The third-order valence-electron chi connectivity index (χ3n) is 7.09. The molecule has 0 radical (unpaired) electrons. The second kappa shape index (κ2) is 9.58. The summed E-state index contributed by atoms with van der Waals surface area (Å²) < 4.78 is 31.7. The van der Waals surface area contributed by atoms with Gasteiger partial charge in [0.15, 0.2) is 0 Å². The van der Waals surface area contributed by atoms with Gasteiger partial charge in [0.25, 0.3) is 0 Å². The Morgan fingerprint density at radius 2 is 1.97 bits per heavy atom. The summed E-state index contributed by atoms with van der Waals surface area (Å²) in [7, 11) is -1.99. The zero-order valence-corrected chi connectivity index (χ0v) is 21.1. The van der Waals surface area contributed by atoms with Gasteiger partial charge in [-0.1, -0.05) is 37.3 Å². The van der Waals surface area contributed by atoms with Gasteiger partial charge in [-0.25, -0.2) is 13.4 Å². The normalized spacial score (nSPS) is 24.2. The van der Waals surface area contributed by atoms with Crippen molar-refractivity contribution in [3.05, 3.63) is 53.9 Å². The Morgan fingerprint density at radius 3 is 2.69 bits per heavy atom. The third kappa shape index (κ3) is 5.33. The van der Waals surface area contributed by atoms with E-state index < -0.39 is 10.0 Å². The molecule has 2 N–H and O–H groups in total. The van der Waals surface area contributed by atoms with E-state index in [-0.39, 0.29) is 12.0 Å². The maximum atomic E-state index is 12.2. The van der Waals surface area contributed by atoms with Gasteiger partial charge in [-0.2, -0.15) is 0 Å². The van der Waals surface area contributed by atoms with E-state index in [0.717, 1.165) is 36.5 Å². The number of nitrogens with one attached hydrogen (secondary N) is 2. The van der Waals surface area contributed by atoms with Crippen molar-refractivity contribution in [3.63, 3.8) is 0 Å². The van der Waals surface area contributed by atoms with Gasteiger partial charge in [0.2, 0.25) is 21.8 Å². The minimum atomic E-state index is -3.48. The fourth-order valence-electron chi connectivity index (χ4n) is 4.66. The summed E-state index contributed by atoms with van der Waals surface area (Å²) in [5, 5.41) is 15.6. The predicted molar refractivity (Wildman–Crippen MR) is 136 cm³/mol.